The molecule has 33 heavy (non-hydrogen) atoms. The van der Waals surface area contributed by atoms with Crippen LogP contribution in [0.25, 0.3) is 16.9 Å². The summed E-state index contributed by atoms with van der Waals surface area (Å²) in [6.07, 6.45) is 1.53. The lowest BCUT2D eigenvalue weighted by molar-refractivity contribution is 0.0743. The van der Waals surface area contributed by atoms with Crippen LogP contribution in [0.15, 0.2) is 54.9 Å². The van der Waals surface area contributed by atoms with Crippen LogP contribution >= 0.6 is 0 Å². The van der Waals surface area contributed by atoms with Crippen molar-refractivity contribution in [3.8, 4) is 17.2 Å². The van der Waals surface area contributed by atoms with Gasteiger partial charge in [-0.05, 0) is 24.3 Å². The molecule has 1 saturated heterocycles. The highest BCUT2D eigenvalue weighted by atomic mass is 16.5. The average Bonchev–Trinajstić information content (AvgIpc) is 3.33. The summed E-state index contributed by atoms with van der Waals surface area (Å²) in [6, 6.07) is 15.0. The summed E-state index contributed by atoms with van der Waals surface area (Å²) in [7, 11) is 3.13. The van der Waals surface area contributed by atoms with Crippen molar-refractivity contribution in [2.24, 2.45) is 0 Å². The van der Waals surface area contributed by atoms with Crippen molar-refractivity contribution in [3.05, 3.63) is 60.4 Å². The third-order valence-electron chi connectivity index (χ3n) is 5.72. The van der Waals surface area contributed by atoms with E-state index >= 15 is 0 Å². The van der Waals surface area contributed by atoms with Crippen molar-refractivity contribution in [2.75, 3.05) is 45.3 Å². The van der Waals surface area contributed by atoms with Crippen molar-refractivity contribution in [2.45, 2.75) is 0 Å². The molecule has 1 aliphatic heterocycles. The molecule has 0 saturated carbocycles. The number of fused-ring (bicyclic) bond motifs is 1. The first-order valence-electron chi connectivity index (χ1n) is 10.6. The van der Waals surface area contributed by atoms with Gasteiger partial charge < -0.3 is 19.3 Å². The minimum Gasteiger partial charge on any atom is -0.497 e. The number of nitrogens with zero attached hydrogens (tertiary/aromatic N) is 7. The number of ether oxygens (including phenoxy) is 2. The van der Waals surface area contributed by atoms with Gasteiger partial charge in [0, 0.05) is 32.2 Å². The fourth-order valence-electron chi connectivity index (χ4n) is 3.98. The van der Waals surface area contributed by atoms with Crippen LogP contribution in [0.2, 0.25) is 0 Å². The molecule has 0 radical (unpaired) electrons. The predicted molar refractivity (Wildman–Crippen MR) is 122 cm³/mol. The molecule has 2 aromatic heterocycles. The molecule has 0 unspecified atom stereocenters. The van der Waals surface area contributed by atoms with Gasteiger partial charge in [-0.2, -0.15) is 4.68 Å². The van der Waals surface area contributed by atoms with E-state index in [1.54, 1.807) is 37.1 Å². The number of amides is 1. The number of benzene rings is 2. The third-order valence-corrected chi connectivity index (χ3v) is 5.72. The van der Waals surface area contributed by atoms with E-state index in [0.29, 0.717) is 54.4 Å². The van der Waals surface area contributed by atoms with E-state index in [9.17, 15) is 4.79 Å². The van der Waals surface area contributed by atoms with Crippen LogP contribution in [0.5, 0.6) is 11.5 Å². The largest absolute Gasteiger partial charge is 0.497 e. The summed E-state index contributed by atoms with van der Waals surface area (Å²) < 4.78 is 12.3. The van der Waals surface area contributed by atoms with Gasteiger partial charge in [-0.1, -0.05) is 23.4 Å². The van der Waals surface area contributed by atoms with E-state index < -0.39 is 0 Å². The Balaban J connectivity index is 1.35. The Bertz CT molecular complexity index is 1280. The molecule has 1 aliphatic rings. The van der Waals surface area contributed by atoms with Crippen LogP contribution in [-0.2, 0) is 0 Å². The SMILES string of the molecule is COc1ccc(C(=O)N2CCN(c3ncnc4c3nnn4-c3ccccc3)CC2)c(OC)c1. The fourth-order valence-corrected chi connectivity index (χ4v) is 3.98. The van der Waals surface area contributed by atoms with Crippen molar-refractivity contribution >= 4 is 22.9 Å². The molecular formula is C23H23N7O3. The zero-order valence-electron chi connectivity index (χ0n) is 18.4. The monoisotopic (exact) mass is 445 g/mol. The van der Waals surface area contributed by atoms with Gasteiger partial charge in [-0.15, -0.1) is 5.10 Å². The van der Waals surface area contributed by atoms with Gasteiger partial charge in [0.05, 0.1) is 25.5 Å². The molecule has 10 heteroatoms. The third kappa shape index (κ3) is 3.79. The molecule has 3 heterocycles. The number of carbonyl (C=O) groups excluding carboxylic acids is 1. The Morgan fingerprint density at radius 3 is 2.45 bits per heavy atom. The van der Waals surface area contributed by atoms with Gasteiger partial charge in [0.1, 0.15) is 17.8 Å². The molecule has 168 valence electrons. The normalized spacial score (nSPS) is 13.9. The molecular weight excluding hydrogens is 422 g/mol. The van der Waals surface area contributed by atoms with Gasteiger partial charge in [-0.25, -0.2) is 9.97 Å². The van der Waals surface area contributed by atoms with Crippen LogP contribution in [0.3, 0.4) is 0 Å². The van der Waals surface area contributed by atoms with Crippen LogP contribution in [0.4, 0.5) is 5.82 Å². The van der Waals surface area contributed by atoms with Crippen molar-refractivity contribution in [1.29, 1.82) is 0 Å². The summed E-state index contributed by atoms with van der Waals surface area (Å²) in [5.74, 6) is 1.79. The smallest absolute Gasteiger partial charge is 0.257 e. The second kappa shape index (κ2) is 8.73. The molecule has 0 aliphatic carbocycles. The maximum atomic E-state index is 13.1. The number of rotatable bonds is 5. The van der Waals surface area contributed by atoms with Crippen molar-refractivity contribution in [1.82, 2.24) is 29.9 Å². The van der Waals surface area contributed by atoms with Gasteiger partial charge in [0.25, 0.3) is 5.91 Å². The molecule has 1 fully saturated rings. The summed E-state index contributed by atoms with van der Waals surface area (Å²) in [5, 5.41) is 8.63. The molecule has 1 amide bonds. The molecule has 0 N–H and O–H groups in total. The Labute approximate surface area is 190 Å². The Morgan fingerprint density at radius 1 is 0.939 bits per heavy atom. The van der Waals surface area contributed by atoms with Gasteiger partial charge >= 0.3 is 0 Å². The second-order valence-corrected chi connectivity index (χ2v) is 7.55. The van der Waals surface area contributed by atoms with Crippen molar-refractivity contribution < 1.29 is 14.3 Å². The van der Waals surface area contributed by atoms with E-state index in [1.807, 2.05) is 35.2 Å². The molecule has 0 atom stereocenters. The zero-order chi connectivity index (χ0) is 22.8. The first-order valence-corrected chi connectivity index (χ1v) is 10.6. The van der Waals surface area contributed by atoms with Crippen LogP contribution in [0, 0.1) is 0 Å². The summed E-state index contributed by atoms with van der Waals surface area (Å²) in [5.41, 5.74) is 2.68. The van der Waals surface area contributed by atoms with E-state index in [2.05, 4.69) is 25.2 Å². The summed E-state index contributed by atoms with van der Waals surface area (Å²) in [4.78, 5) is 25.9. The second-order valence-electron chi connectivity index (χ2n) is 7.55. The lowest BCUT2D eigenvalue weighted by Crippen LogP contribution is -2.49. The Morgan fingerprint density at radius 2 is 1.73 bits per heavy atom. The highest BCUT2D eigenvalue weighted by Gasteiger charge is 2.27. The first-order chi connectivity index (χ1) is 16.2. The quantitative estimate of drug-likeness (QED) is 0.461. The number of hydrogen-bond acceptors (Lipinski definition) is 8. The number of anilines is 1. The van der Waals surface area contributed by atoms with Crippen LogP contribution in [0.1, 0.15) is 10.4 Å². The molecule has 4 aromatic rings. The van der Waals surface area contributed by atoms with Crippen LogP contribution in [-0.4, -0.2) is 76.2 Å². The van der Waals surface area contributed by atoms with Gasteiger partial charge in [0.15, 0.2) is 17.0 Å². The lowest BCUT2D eigenvalue weighted by Gasteiger charge is -2.35. The van der Waals surface area contributed by atoms with E-state index in [1.165, 1.54) is 6.33 Å². The van der Waals surface area contributed by atoms with Gasteiger partial charge in [-0.3, -0.25) is 4.79 Å². The molecule has 0 spiro atoms. The van der Waals surface area contributed by atoms with Crippen molar-refractivity contribution in [3.63, 3.8) is 0 Å². The first kappa shape index (κ1) is 20.7. The molecule has 5 rings (SSSR count). The number of hydrogen-bond donors (Lipinski definition) is 0. The molecule has 0 bridgehead atoms. The number of carbonyl (C=O) groups is 1. The highest BCUT2D eigenvalue weighted by Crippen LogP contribution is 2.27. The minimum atomic E-state index is -0.0722. The van der Waals surface area contributed by atoms with E-state index in [-0.39, 0.29) is 5.91 Å². The Kier molecular flexibility index (Phi) is 5.47. The standard InChI is InChI=1S/C23H23N7O3/c1-32-17-8-9-18(19(14-17)33-2)23(31)29-12-10-28(11-13-29)21-20-22(25-15-24-21)30(27-26-20)16-6-4-3-5-7-16/h3-9,14-15H,10-13H2,1-2H3. The summed E-state index contributed by atoms with van der Waals surface area (Å²) >= 11 is 0. The van der Waals surface area contributed by atoms with E-state index in [0.717, 1.165) is 11.5 Å². The number of methoxy groups -OCH3 is 2. The fraction of sp³-hybridized carbons (Fsp3) is 0.261. The highest BCUT2D eigenvalue weighted by molar-refractivity contribution is 5.97. The maximum Gasteiger partial charge on any atom is 0.257 e. The zero-order valence-corrected chi connectivity index (χ0v) is 18.4. The number of aromatic nitrogens is 5. The summed E-state index contributed by atoms with van der Waals surface area (Å²) in [6.45, 7) is 2.34. The molecule has 2 aromatic carbocycles. The molecule has 10 nitrogen and oxygen atoms in total. The Hall–Kier alpha value is -4.21. The van der Waals surface area contributed by atoms with Gasteiger partial charge in [0.2, 0.25) is 0 Å². The predicted octanol–water partition coefficient (Wildman–Crippen LogP) is 2.19. The minimum absolute atomic E-state index is 0.0722. The number of piperazine rings is 1. The topological polar surface area (TPSA) is 98.5 Å². The maximum absolute atomic E-state index is 13.1. The number of para-hydroxylation sites is 1. The lowest BCUT2D eigenvalue weighted by atomic mass is 10.1. The van der Waals surface area contributed by atoms with E-state index in [4.69, 9.17) is 9.47 Å². The van der Waals surface area contributed by atoms with Crippen LogP contribution < -0.4 is 14.4 Å². The average molecular weight is 445 g/mol.